The second-order valence-corrected chi connectivity index (χ2v) is 5.64. The average molecular weight is 304 g/mol. The molecule has 1 aliphatic rings. The Balaban J connectivity index is 1.84. The van der Waals surface area contributed by atoms with E-state index in [0.29, 0.717) is 17.3 Å². The zero-order valence-electron chi connectivity index (χ0n) is 11.3. The topological polar surface area (TPSA) is 35.5 Å². The van der Waals surface area contributed by atoms with Gasteiger partial charge in [-0.05, 0) is 24.3 Å². The Kier molecular flexibility index (Phi) is 3.84. The smallest absolute Gasteiger partial charge is 0.207 e. The summed E-state index contributed by atoms with van der Waals surface area (Å²) >= 11 is 1.54. The molecular weight excluding hydrogens is 291 g/mol. The van der Waals surface area contributed by atoms with Gasteiger partial charge in [-0.3, -0.25) is 4.79 Å². The van der Waals surface area contributed by atoms with Gasteiger partial charge < -0.3 is 9.47 Å². The lowest BCUT2D eigenvalue weighted by Crippen LogP contribution is -2.32. The highest BCUT2D eigenvalue weighted by atomic mass is 32.2. The van der Waals surface area contributed by atoms with Crippen molar-refractivity contribution in [3.05, 3.63) is 53.8 Å². The molecule has 1 aliphatic heterocycles. The zero-order chi connectivity index (χ0) is 14.8. The molecule has 0 aliphatic carbocycles. The van der Waals surface area contributed by atoms with Gasteiger partial charge in [-0.25, -0.2) is 4.39 Å². The monoisotopic (exact) mass is 304 g/mol. The molecule has 0 saturated heterocycles. The number of benzene rings is 2. The number of hydrogen-bond donors (Lipinski definition) is 0. The van der Waals surface area contributed by atoms with Crippen LogP contribution in [0.25, 0.3) is 0 Å². The molecular formula is C16H13FO3S. The summed E-state index contributed by atoms with van der Waals surface area (Å²) in [6.45, 7) is 0. The number of halogens is 1. The second kappa shape index (κ2) is 5.77. The zero-order valence-corrected chi connectivity index (χ0v) is 12.2. The second-order valence-electron chi connectivity index (χ2n) is 4.57. The number of thioether (sulfide) groups is 1. The first-order valence-corrected chi connectivity index (χ1v) is 7.44. The van der Waals surface area contributed by atoms with E-state index in [1.54, 1.807) is 17.8 Å². The molecule has 2 aromatic carbocycles. The molecule has 0 aromatic heterocycles. The number of para-hydroxylation sites is 1. The lowest BCUT2D eigenvalue weighted by atomic mass is 10.1. The van der Waals surface area contributed by atoms with Crippen LogP contribution in [-0.2, 0) is 0 Å². The van der Waals surface area contributed by atoms with Crippen LogP contribution < -0.4 is 9.47 Å². The van der Waals surface area contributed by atoms with Crippen LogP contribution >= 0.6 is 11.8 Å². The van der Waals surface area contributed by atoms with Gasteiger partial charge in [0, 0.05) is 16.7 Å². The van der Waals surface area contributed by atoms with Gasteiger partial charge in [-0.15, -0.1) is 11.8 Å². The number of carbonyl (C=O) groups excluding carboxylic acids is 1. The minimum atomic E-state index is -0.673. The van der Waals surface area contributed by atoms with Crippen molar-refractivity contribution in [2.24, 2.45) is 0 Å². The Bertz CT molecular complexity index is 687. The number of hydrogen-bond acceptors (Lipinski definition) is 4. The van der Waals surface area contributed by atoms with Crippen LogP contribution in [0.1, 0.15) is 10.4 Å². The fourth-order valence-corrected chi connectivity index (χ4v) is 3.13. The quantitative estimate of drug-likeness (QED) is 0.812. The molecule has 0 fully saturated rings. The first kappa shape index (κ1) is 13.9. The number of carbonyl (C=O) groups is 1. The van der Waals surface area contributed by atoms with Gasteiger partial charge in [-0.1, -0.05) is 12.1 Å². The lowest BCUT2D eigenvalue weighted by molar-refractivity contribution is 0.0810. The predicted octanol–water partition coefficient (Wildman–Crippen LogP) is 3.57. The van der Waals surface area contributed by atoms with Crippen molar-refractivity contribution in [3.63, 3.8) is 0 Å². The summed E-state index contributed by atoms with van der Waals surface area (Å²) in [5.41, 5.74) is 0.0285. The van der Waals surface area contributed by atoms with Crippen LogP contribution in [0.2, 0.25) is 0 Å². The molecule has 0 radical (unpaired) electrons. The van der Waals surface area contributed by atoms with E-state index < -0.39 is 11.9 Å². The fourth-order valence-electron chi connectivity index (χ4n) is 2.14. The Morgan fingerprint density at radius 1 is 1.33 bits per heavy atom. The first-order valence-electron chi connectivity index (χ1n) is 6.45. The molecule has 1 unspecified atom stereocenters. The highest BCUT2D eigenvalue weighted by Crippen LogP contribution is 2.36. The number of ether oxygens (including phenoxy) is 2. The van der Waals surface area contributed by atoms with E-state index in [1.807, 2.05) is 24.3 Å². The summed E-state index contributed by atoms with van der Waals surface area (Å²) in [5.74, 6) is 0.583. The Morgan fingerprint density at radius 2 is 2.14 bits per heavy atom. The lowest BCUT2D eigenvalue weighted by Gasteiger charge is -2.24. The maximum absolute atomic E-state index is 14.0. The fraction of sp³-hybridized carbons (Fsp3) is 0.188. The van der Waals surface area contributed by atoms with Crippen LogP contribution in [0.3, 0.4) is 0 Å². The summed E-state index contributed by atoms with van der Waals surface area (Å²) in [5, 5.41) is 0. The van der Waals surface area contributed by atoms with E-state index in [-0.39, 0.29) is 11.3 Å². The minimum Gasteiger partial charge on any atom is -0.497 e. The molecule has 0 spiro atoms. The largest absolute Gasteiger partial charge is 0.497 e. The average Bonchev–Trinajstić information content (AvgIpc) is 2.53. The Labute approximate surface area is 126 Å². The van der Waals surface area contributed by atoms with E-state index in [2.05, 4.69) is 0 Å². The SMILES string of the molecule is COc1ccc(C(=O)C2CSc3ccccc3O2)c(F)c1. The third-order valence-corrected chi connectivity index (χ3v) is 4.36. The minimum absolute atomic E-state index is 0.0285. The number of ketones is 1. The van der Waals surface area contributed by atoms with Crippen molar-refractivity contribution < 1.29 is 18.7 Å². The number of fused-ring (bicyclic) bond motifs is 1. The molecule has 5 heteroatoms. The molecule has 1 atom stereocenters. The molecule has 108 valence electrons. The van der Waals surface area contributed by atoms with E-state index in [0.717, 1.165) is 4.90 Å². The van der Waals surface area contributed by atoms with Gasteiger partial charge in [0.15, 0.2) is 6.10 Å². The highest BCUT2D eigenvalue weighted by molar-refractivity contribution is 7.99. The third-order valence-electron chi connectivity index (χ3n) is 3.24. The van der Waals surface area contributed by atoms with E-state index in [4.69, 9.17) is 9.47 Å². The molecule has 0 amide bonds. The predicted molar refractivity (Wildman–Crippen MR) is 78.9 cm³/mol. The standard InChI is InChI=1S/C16H13FO3S/c1-19-10-6-7-11(12(17)8-10)16(18)14-9-21-15-5-3-2-4-13(15)20-14/h2-8,14H,9H2,1H3. The van der Waals surface area contributed by atoms with Crippen molar-refractivity contribution in [1.29, 1.82) is 0 Å². The Morgan fingerprint density at radius 3 is 2.90 bits per heavy atom. The van der Waals surface area contributed by atoms with Gasteiger partial charge in [0.1, 0.15) is 17.3 Å². The van der Waals surface area contributed by atoms with E-state index in [9.17, 15) is 9.18 Å². The van der Waals surface area contributed by atoms with Crippen molar-refractivity contribution in [2.45, 2.75) is 11.0 Å². The van der Waals surface area contributed by atoms with Crippen LogP contribution in [0, 0.1) is 5.82 Å². The first-order chi connectivity index (χ1) is 10.2. The van der Waals surface area contributed by atoms with Gasteiger partial charge >= 0.3 is 0 Å². The number of methoxy groups -OCH3 is 1. The van der Waals surface area contributed by atoms with Crippen molar-refractivity contribution in [3.8, 4) is 11.5 Å². The number of rotatable bonds is 3. The van der Waals surface area contributed by atoms with Gasteiger partial charge in [0.05, 0.1) is 12.7 Å². The van der Waals surface area contributed by atoms with E-state index in [1.165, 1.54) is 19.2 Å². The molecule has 2 aromatic rings. The highest BCUT2D eigenvalue weighted by Gasteiger charge is 2.29. The summed E-state index contributed by atoms with van der Waals surface area (Å²) in [4.78, 5) is 13.4. The van der Waals surface area contributed by atoms with Crippen LogP contribution in [0.15, 0.2) is 47.4 Å². The summed E-state index contributed by atoms with van der Waals surface area (Å²) in [6.07, 6.45) is -0.673. The van der Waals surface area contributed by atoms with Gasteiger partial charge in [0.25, 0.3) is 0 Å². The Hall–Kier alpha value is -2.01. The van der Waals surface area contributed by atoms with Gasteiger partial charge in [-0.2, -0.15) is 0 Å². The number of Topliss-reactive ketones (excluding diaryl/α,β-unsaturated/α-hetero) is 1. The van der Waals surface area contributed by atoms with Crippen molar-refractivity contribution >= 4 is 17.5 Å². The van der Waals surface area contributed by atoms with Crippen LogP contribution in [-0.4, -0.2) is 24.7 Å². The summed E-state index contributed by atoms with van der Waals surface area (Å²) in [6, 6.07) is 11.7. The van der Waals surface area contributed by atoms with Crippen LogP contribution in [0.5, 0.6) is 11.5 Å². The normalized spacial score (nSPS) is 16.8. The molecule has 0 saturated carbocycles. The third kappa shape index (κ3) is 2.74. The van der Waals surface area contributed by atoms with Crippen molar-refractivity contribution in [1.82, 2.24) is 0 Å². The summed E-state index contributed by atoms with van der Waals surface area (Å²) < 4.78 is 24.6. The van der Waals surface area contributed by atoms with Crippen LogP contribution in [0.4, 0.5) is 4.39 Å². The molecule has 0 N–H and O–H groups in total. The van der Waals surface area contributed by atoms with Gasteiger partial charge in [0.2, 0.25) is 5.78 Å². The molecule has 1 heterocycles. The molecule has 3 rings (SSSR count). The maximum Gasteiger partial charge on any atom is 0.207 e. The maximum atomic E-state index is 14.0. The summed E-state index contributed by atoms with van der Waals surface area (Å²) in [7, 11) is 1.45. The van der Waals surface area contributed by atoms with E-state index >= 15 is 0 Å². The molecule has 0 bridgehead atoms. The molecule has 21 heavy (non-hydrogen) atoms. The van der Waals surface area contributed by atoms with Crippen molar-refractivity contribution in [2.75, 3.05) is 12.9 Å². The molecule has 3 nitrogen and oxygen atoms in total.